The first kappa shape index (κ1) is 21.1. The van der Waals surface area contributed by atoms with Crippen LogP contribution in [0.2, 0.25) is 0 Å². The van der Waals surface area contributed by atoms with Gasteiger partial charge < -0.3 is 9.47 Å². The number of ether oxygens (including phenoxy) is 2. The van der Waals surface area contributed by atoms with Gasteiger partial charge in [0.1, 0.15) is 6.10 Å². The van der Waals surface area contributed by atoms with Gasteiger partial charge in [0, 0.05) is 18.0 Å². The number of para-hydroxylation sites is 2. The Kier molecular flexibility index (Phi) is 5.59. The number of fused-ring (bicyclic) bond motifs is 1. The minimum Gasteiger partial charge on any atom is -0.482 e. The number of thiazole rings is 1. The highest BCUT2D eigenvalue weighted by molar-refractivity contribution is 7.92. The van der Waals surface area contributed by atoms with Gasteiger partial charge in [-0.05, 0) is 31.2 Å². The van der Waals surface area contributed by atoms with Gasteiger partial charge in [-0.1, -0.05) is 24.3 Å². The summed E-state index contributed by atoms with van der Waals surface area (Å²) in [7, 11) is -1.83. The highest BCUT2D eigenvalue weighted by Gasteiger charge is 2.34. The summed E-state index contributed by atoms with van der Waals surface area (Å²) in [5, 5.41) is 5.05. The van der Waals surface area contributed by atoms with E-state index in [4.69, 9.17) is 9.47 Å². The predicted octanol–water partition coefficient (Wildman–Crippen LogP) is 3.37. The average molecular weight is 460 g/mol. The quantitative estimate of drug-likeness (QED) is 0.628. The van der Waals surface area contributed by atoms with E-state index in [1.807, 2.05) is 17.5 Å². The highest BCUT2D eigenvalue weighted by Crippen LogP contribution is 2.34. The zero-order chi connectivity index (χ0) is 22.2. The second-order valence-corrected chi connectivity index (χ2v) is 9.98. The van der Waals surface area contributed by atoms with Crippen LogP contribution in [0.3, 0.4) is 0 Å². The van der Waals surface area contributed by atoms with E-state index in [2.05, 4.69) is 10.3 Å². The lowest BCUT2D eigenvalue weighted by atomic mass is 10.1. The number of benzene rings is 2. The van der Waals surface area contributed by atoms with Crippen LogP contribution in [0.15, 0.2) is 53.9 Å². The van der Waals surface area contributed by atoms with E-state index in [1.54, 1.807) is 43.3 Å². The van der Waals surface area contributed by atoms with Crippen molar-refractivity contribution in [2.24, 2.45) is 0 Å². The van der Waals surface area contributed by atoms with Crippen molar-refractivity contribution in [3.63, 3.8) is 0 Å². The second-order valence-electron chi connectivity index (χ2n) is 7.11. The topological polar surface area (TPSA) is 97.8 Å². The van der Waals surface area contributed by atoms with Crippen molar-refractivity contribution < 1.29 is 22.7 Å². The molecule has 1 amide bonds. The minimum absolute atomic E-state index is 0.340. The van der Waals surface area contributed by atoms with E-state index in [9.17, 15) is 13.2 Å². The van der Waals surface area contributed by atoms with Crippen LogP contribution in [-0.4, -0.2) is 44.8 Å². The zero-order valence-electron chi connectivity index (χ0n) is 17.1. The van der Waals surface area contributed by atoms with Crippen molar-refractivity contribution >= 4 is 38.1 Å². The molecule has 0 bridgehead atoms. The Morgan fingerprint density at radius 1 is 1.10 bits per heavy atom. The van der Waals surface area contributed by atoms with Crippen molar-refractivity contribution in [2.75, 3.05) is 22.9 Å². The van der Waals surface area contributed by atoms with Gasteiger partial charge in [-0.25, -0.2) is 13.4 Å². The predicted molar refractivity (Wildman–Crippen MR) is 120 cm³/mol. The Bertz CT molecular complexity index is 1210. The molecule has 8 nitrogen and oxygen atoms in total. The first-order chi connectivity index (χ1) is 14.7. The molecule has 1 aliphatic heterocycles. The fourth-order valence-electron chi connectivity index (χ4n) is 3.08. The van der Waals surface area contributed by atoms with Gasteiger partial charge in [-0.15, -0.1) is 11.3 Å². The molecule has 162 valence electrons. The number of nitrogens with one attached hydrogen (secondary N) is 1. The van der Waals surface area contributed by atoms with Gasteiger partial charge in [0.15, 0.2) is 16.6 Å². The molecule has 3 aromatic rings. The third-order valence-corrected chi connectivity index (χ3v) is 6.82. The van der Waals surface area contributed by atoms with Gasteiger partial charge in [0.05, 0.1) is 17.6 Å². The number of carbonyl (C=O) groups excluding carboxylic acids is 1. The van der Waals surface area contributed by atoms with E-state index in [-0.39, 0.29) is 5.91 Å². The molecule has 0 saturated heterocycles. The number of aromatic nitrogens is 1. The first-order valence-electron chi connectivity index (χ1n) is 9.45. The molecule has 2 aromatic carbocycles. The normalized spacial score (nSPS) is 17.8. The molecule has 1 aliphatic rings. The lowest BCUT2D eigenvalue weighted by Gasteiger charge is -2.30. The molecule has 0 saturated carbocycles. The van der Waals surface area contributed by atoms with Gasteiger partial charge in [-0.3, -0.25) is 14.4 Å². The highest BCUT2D eigenvalue weighted by atomic mass is 32.2. The largest absolute Gasteiger partial charge is 0.482 e. The summed E-state index contributed by atoms with van der Waals surface area (Å²) in [6, 6.07) is 14.2. The summed E-state index contributed by atoms with van der Waals surface area (Å²) in [6.07, 6.45) is -0.0987. The molecule has 2 atom stereocenters. The fourth-order valence-corrected chi connectivity index (χ4v) is 4.31. The third kappa shape index (κ3) is 4.49. The molecule has 0 aliphatic carbocycles. The summed E-state index contributed by atoms with van der Waals surface area (Å²) in [5.41, 5.74) is 2.04. The first-order valence-corrected chi connectivity index (χ1v) is 12.2. The molecule has 0 unspecified atom stereocenters. The smallest absolute Gasteiger partial charge is 0.271 e. The average Bonchev–Trinajstić information content (AvgIpc) is 3.20. The Morgan fingerprint density at radius 2 is 1.74 bits per heavy atom. The number of hydrogen-bond donors (Lipinski definition) is 1. The van der Waals surface area contributed by atoms with Crippen LogP contribution in [0.25, 0.3) is 11.3 Å². The maximum Gasteiger partial charge on any atom is 0.271 e. The SMILES string of the molecule is C[C@H]1Oc2ccccc2O[C@@H]1C(=O)Nc1nc(-c2ccc(N(C)S(C)(=O)=O)cc2)cs1. The maximum atomic E-state index is 12.7. The number of rotatable bonds is 5. The van der Waals surface area contributed by atoms with Crippen LogP contribution >= 0.6 is 11.3 Å². The molecular weight excluding hydrogens is 438 g/mol. The van der Waals surface area contributed by atoms with E-state index in [0.29, 0.717) is 28.0 Å². The number of amides is 1. The lowest BCUT2D eigenvalue weighted by molar-refractivity contribution is -0.128. The standard InChI is InChI=1S/C21H21N3O5S2/c1-13-19(29-18-7-5-4-6-17(18)28-13)20(25)23-21-22-16(12-30-21)14-8-10-15(11-9-14)24(2)31(3,26)27/h4-13,19H,1-3H3,(H,22,23,25)/t13-,19+/m1/s1. The summed E-state index contributed by atoms with van der Waals surface area (Å²) in [6.45, 7) is 1.78. The van der Waals surface area contributed by atoms with Crippen LogP contribution in [0.5, 0.6) is 11.5 Å². The van der Waals surface area contributed by atoms with Crippen molar-refractivity contribution in [3.05, 3.63) is 53.9 Å². The van der Waals surface area contributed by atoms with E-state index >= 15 is 0 Å². The summed E-state index contributed by atoms with van der Waals surface area (Å²) in [5.74, 6) is 0.799. The number of carbonyl (C=O) groups is 1. The summed E-state index contributed by atoms with van der Waals surface area (Å²) >= 11 is 1.29. The number of anilines is 2. The number of sulfonamides is 1. The van der Waals surface area contributed by atoms with Crippen molar-refractivity contribution in [1.29, 1.82) is 0 Å². The lowest BCUT2D eigenvalue weighted by Crippen LogP contribution is -2.46. The third-order valence-electron chi connectivity index (χ3n) is 4.86. The van der Waals surface area contributed by atoms with Gasteiger partial charge >= 0.3 is 0 Å². The Balaban J connectivity index is 1.45. The van der Waals surface area contributed by atoms with Crippen molar-refractivity contribution in [1.82, 2.24) is 4.98 Å². The fraction of sp³-hybridized carbons (Fsp3) is 0.238. The Hall–Kier alpha value is -3.11. The molecule has 1 aromatic heterocycles. The van der Waals surface area contributed by atoms with Crippen molar-refractivity contribution in [2.45, 2.75) is 19.1 Å². The number of nitrogens with zero attached hydrogens (tertiary/aromatic N) is 2. The van der Waals surface area contributed by atoms with Gasteiger partial charge in [-0.2, -0.15) is 0 Å². The van der Waals surface area contributed by atoms with Gasteiger partial charge in [0.25, 0.3) is 5.91 Å². The summed E-state index contributed by atoms with van der Waals surface area (Å²) < 4.78 is 36.1. The van der Waals surface area contributed by atoms with Crippen LogP contribution < -0.4 is 19.1 Å². The molecule has 0 spiro atoms. The molecule has 4 rings (SSSR count). The van der Waals surface area contributed by atoms with Crippen LogP contribution in [0.4, 0.5) is 10.8 Å². The van der Waals surface area contributed by atoms with E-state index < -0.39 is 22.2 Å². The Morgan fingerprint density at radius 3 is 2.39 bits per heavy atom. The molecule has 10 heteroatoms. The Labute approximate surface area is 184 Å². The molecule has 1 N–H and O–H groups in total. The molecule has 2 heterocycles. The van der Waals surface area contributed by atoms with E-state index in [0.717, 1.165) is 11.8 Å². The molecule has 31 heavy (non-hydrogen) atoms. The van der Waals surface area contributed by atoms with Crippen LogP contribution in [0.1, 0.15) is 6.92 Å². The van der Waals surface area contributed by atoms with Crippen molar-refractivity contribution in [3.8, 4) is 22.8 Å². The summed E-state index contributed by atoms with van der Waals surface area (Å²) in [4.78, 5) is 17.2. The zero-order valence-corrected chi connectivity index (χ0v) is 18.7. The van der Waals surface area contributed by atoms with Crippen LogP contribution in [-0.2, 0) is 14.8 Å². The maximum absolute atomic E-state index is 12.7. The van der Waals surface area contributed by atoms with Gasteiger partial charge in [0.2, 0.25) is 16.1 Å². The second kappa shape index (κ2) is 8.20. The van der Waals surface area contributed by atoms with Crippen LogP contribution in [0, 0.1) is 0 Å². The van der Waals surface area contributed by atoms with E-state index in [1.165, 1.54) is 22.7 Å². The minimum atomic E-state index is -3.33. The monoisotopic (exact) mass is 459 g/mol. The molecule has 0 fully saturated rings. The number of hydrogen-bond acceptors (Lipinski definition) is 7. The molecule has 0 radical (unpaired) electrons. The molecular formula is C21H21N3O5S2.